The Morgan fingerprint density at radius 2 is 2.08 bits per heavy atom. The molecule has 0 aliphatic carbocycles. The zero-order valence-electron chi connectivity index (χ0n) is 14.5. The fourth-order valence-corrected chi connectivity index (χ4v) is 3.08. The first-order chi connectivity index (χ1) is 12.7. The smallest absolute Gasteiger partial charge is 0.258 e. The quantitative estimate of drug-likeness (QED) is 0.762. The lowest BCUT2D eigenvalue weighted by Gasteiger charge is -2.28. The largest absolute Gasteiger partial charge is 0.306 e. The zero-order chi connectivity index (χ0) is 17.9. The average Bonchev–Trinajstić information content (AvgIpc) is 3.34. The van der Waals surface area contributed by atoms with Crippen LogP contribution in [0.2, 0.25) is 0 Å². The Balaban J connectivity index is 1.45. The molecule has 4 heterocycles. The van der Waals surface area contributed by atoms with E-state index in [1.807, 2.05) is 16.9 Å². The second-order valence-corrected chi connectivity index (χ2v) is 6.45. The van der Waals surface area contributed by atoms with Gasteiger partial charge in [0.15, 0.2) is 5.82 Å². The Morgan fingerprint density at radius 3 is 2.85 bits per heavy atom. The number of hydrogen-bond acceptors (Lipinski definition) is 6. The van der Waals surface area contributed by atoms with Crippen LogP contribution in [0.5, 0.6) is 0 Å². The van der Waals surface area contributed by atoms with Crippen molar-refractivity contribution >= 4 is 11.7 Å². The molecule has 4 rings (SSSR count). The van der Waals surface area contributed by atoms with Crippen LogP contribution in [0, 0.1) is 0 Å². The van der Waals surface area contributed by atoms with Crippen molar-refractivity contribution in [1.82, 2.24) is 34.7 Å². The minimum Gasteiger partial charge on any atom is -0.306 e. The number of rotatable bonds is 4. The Morgan fingerprint density at radius 1 is 1.23 bits per heavy atom. The molecule has 0 bridgehead atoms. The van der Waals surface area contributed by atoms with Gasteiger partial charge in [0.1, 0.15) is 0 Å². The molecule has 26 heavy (non-hydrogen) atoms. The van der Waals surface area contributed by atoms with E-state index in [1.165, 1.54) is 6.20 Å². The van der Waals surface area contributed by atoms with E-state index in [-0.39, 0.29) is 5.91 Å². The third-order valence-corrected chi connectivity index (χ3v) is 4.59. The highest BCUT2D eigenvalue weighted by Crippen LogP contribution is 2.22. The van der Waals surface area contributed by atoms with Crippen molar-refractivity contribution in [3.63, 3.8) is 0 Å². The standard InChI is InChI=1S/C17H20N8O/c1-23-6-2-14(3-7-23)24-8-4-16(21-24)20-17(26)13-10-15(12-18-11-13)25-9-5-19-22-25/h4-5,8-12,14H,2-3,6-7H2,1H3,(H,20,21,26). The second-order valence-electron chi connectivity index (χ2n) is 6.45. The molecular formula is C17H20N8O. The topological polar surface area (TPSA) is 93.8 Å². The maximum atomic E-state index is 12.5. The van der Waals surface area contributed by atoms with Crippen molar-refractivity contribution in [2.75, 3.05) is 25.5 Å². The summed E-state index contributed by atoms with van der Waals surface area (Å²) in [7, 11) is 2.13. The summed E-state index contributed by atoms with van der Waals surface area (Å²) < 4.78 is 3.51. The monoisotopic (exact) mass is 352 g/mol. The molecule has 1 amide bonds. The summed E-state index contributed by atoms with van der Waals surface area (Å²) in [6.45, 7) is 2.12. The van der Waals surface area contributed by atoms with Crippen molar-refractivity contribution in [2.24, 2.45) is 0 Å². The maximum Gasteiger partial charge on any atom is 0.258 e. The van der Waals surface area contributed by atoms with Crippen LogP contribution in [0.4, 0.5) is 5.82 Å². The summed E-state index contributed by atoms with van der Waals surface area (Å²) in [6, 6.07) is 3.92. The van der Waals surface area contributed by atoms with Gasteiger partial charge in [-0.15, -0.1) is 5.10 Å². The van der Waals surface area contributed by atoms with E-state index in [1.54, 1.807) is 29.3 Å². The summed E-state index contributed by atoms with van der Waals surface area (Å²) in [4.78, 5) is 18.9. The van der Waals surface area contributed by atoms with Crippen molar-refractivity contribution in [3.8, 4) is 5.69 Å². The van der Waals surface area contributed by atoms with Crippen LogP contribution in [-0.4, -0.2) is 60.7 Å². The Labute approximate surface area is 150 Å². The summed E-state index contributed by atoms with van der Waals surface area (Å²) in [5.41, 5.74) is 1.11. The third kappa shape index (κ3) is 3.47. The van der Waals surface area contributed by atoms with Crippen molar-refractivity contribution in [1.29, 1.82) is 0 Å². The first-order valence-electron chi connectivity index (χ1n) is 8.56. The predicted molar refractivity (Wildman–Crippen MR) is 95.1 cm³/mol. The molecule has 0 radical (unpaired) electrons. The number of piperidine rings is 1. The normalized spacial score (nSPS) is 15.9. The molecule has 1 fully saturated rings. The first-order valence-corrected chi connectivity index (χ1v) is 8.56. The van der Waals surface area contributed by atoms with Gasteiger partial charge < -0.3 is 10.2 Å². The van der Waals surface area contributed by atoms with E-state index in [0.29, 0.717) is 23.1 Å². The van der Waals surface area contributed by atoms with Crippen LogP contribution < -0.4 is 5.32 Å². The molecule has 1 aliphatic rings. The minimum atomic E-state index is -0.256. The fraction of sp³-hybridized carbons (Fsp3) is 0.353. The van der Waals surface area contributed by atoms with Gasteiger partial charge in [-0.1, -0.05) is 5.21 Å². The Kier molecular flexibility index (Phi) is 4.44. The molecule has 0 aromatic carbocycles. The summed E-state index contributed by atoms with van der Waals surface area (Å²) >= 11 is 0. The maximum absolute atomic E-state index is 12.5. The highest BCUT2D eigenvalue weighted by molar-refractivity contribution is 6.03. The van der Waals surface area contributed by atoms with Crippen LogP contribution in [0.3, 0.4) is 0 Å². The molecule has 1 aliphatic heterocycles. The molecule has 9 heteroatoms. The van der Waals surface area contributed by atoms with Crippen molar-refractivity contribution in [3.05, 3.63) is 48.7 Å². The predicted octanol–water partition coefficient (Wildman–Crippen LogP) is 1.38. The molecule has 3 aromatic rings. The van der Waals surface area contributed by atoms with Gasteiger partial charge in [0.05, 0.1) is 35.9 Å². The highest BCUT2D eigenvalue weighted by Gasteiger charge is 2.19. The van der Waals surface area contributed by atoms with E-state index in [9.17, 15) is 4.79 Å². The molecule has 0 saturated carbocycles. The van der Waals surface area contributed by atoms with Gasteiger partial charge in [0.2, 0.25) is 0 Å². The van der Waals surface area contributed by atoms with Gasteiger partial charge in [-0.05, 0) is 39.0 Å². The SMILES string of the molecule is CN1CCC(n2ccc(NC(=O)c3cncc(-n4ccnn4)c3)n2)CC1. The van der Waals surface area contributed by atoms with Gasteiger partial charge in [-0.2, -0.15) is 5.10 Å². The third-order valence-electron chi connectivity index (χ3n) is 4.59. The number of likely N-dealkylation sites (tertiary alicyclic amines) is 1. The molecule has 0 atom stereocenters. The summed E-state index contributed by atoms with van der Waals surface area (Å²) in [5, 5.41) is 15.0. The molecule has 134 valence electrons. The number of amides is 1. The number of aromatic nitrogens is 6. The van der Waals surface area contributed by atoms with E-state index in [0.717, 1.165) is 25.9 Å². The summed E-state index contributed by atoms with van der Waals surface area (Å²) in [5.74, 6) is 0.285. The van der Waals surface area contributed by atoms with Gasteiger partial charge in [0, 0.05) is 18.5 Å². The van der Waals surface area contributed by atoms with Gasteiger partial charge >= 0.3 is 0 Å². The lowest BCUT2D eigenvalue weighted by atomic mass is 10.1. The molecule has 1 N–H and O–H groups in total. The van der Waals surface area contributed by atoms with Crippen LogP contribution in [0.25, 0.3) is 5.69 Å². The number of nitrogens with one attached hydrogen (secondary N) is 1. The molecule has 0 spiro atoms. The van der Waals surface area contributed by atoms with E-state index in [4.69, 9.17) is 0 Å². The summed E-state index contributed by atoms with van der Waals surface area (Å²) in [6.07, 6.45) is 10.5. The van der Waals surface area contributed by atoms with Gasteiger partial charge in [-0.25, -0.2) is 4.68 Å². The van der Waals surface area contributed by atoms with E-state index in [2.05, 4.69) is 37.7 Å². The van der Waals surface area contributed by atoms with Gasteiger partial charge in [-0.3, -0.25) is 14.5 Å². The van der Waals surface area contributed by atoms with Crippen LogP contribution in [0.15, 0.2) is 43.1 Å². The molecular weight excluding hydrogens is 332 g/mol. The molecule has 1 saturated heterocycles. The number of nitrogens with zero attached hydrogens (tertiary/aromatic N) is 7. The second kappa shape index (κ2) is 7.04. The number of carbonyl (C=O) groups is 1. The Hall–Kier alpha value is -3.07. The lowest BCUT2D eigenvalue weighted by Crippen LogP contribution is -2.31. The fourth-order valence-electron chi connectivity index (χ4n) is 3.08. The highest BCUT2D eigenvalue weighted by atomic mass is 16.1. The minimum absolute atomic E-state index is 0.256. The van der Waals surface area contributed by atoms with E-state index < -0.39 is 0 Å². The van der Waals surface area contributed by atoms with Crippen LogP contribution in [-0.2, 0) is 0 Å². The van der Waals surface area contributed by atoms with Gasteiger partial charge in [0.25, 0.3) is 5.91 Å². The lowest BCUT2D eigenvalue weighted by molar-refractivity contribution is 0.102. The molecule has 3 aromatic heterocycles. The number of pyridine rings is 1. The van der Waals surface area contributed by atoms with Crippen LogP contribution in [0.1, 0.15) is 29.2 Å². The molecule has 0 unspecified atom stereocenters. The number of carbonyl (C=O) groups excluding carboxylic acids is 1. The van der Waals surface area contributed by atoms with E-state index >= 15 is 0 Å². The number of anilines is 1. The Bertz CT molecular complexity index is 880. The average molecular weight is 352 g/mol. The zero-order valence-corrected chi connectivity index (χ0v) is 14.5. The van der Waals surface area contributed by atoms with Crippen molar-refractivity contribution in [2.45, 2.75) is 18.9 Å². The van der Waals surface area contributed by atoms with Crippen LogP contribution >= 0.6 is 0 Å². The first kappa shape index (κ1) is 16.4. The van der Waals surface area contributed by atoms with Crippen molar-refractivity contribution < 1.29 is 4.79 Å². The molecule has 9 nitrogen and oxygen atoms in total. The number of hydrogen-bond donors (Lipinski definition) is 1.